The minimum atomic E-state index is -0.708. The maximum Gasteiger partial charge on any atom is 0.262 e. The van der Waals surface area contributed by atoms with Gasteiger partial charge in [0.05, 0.1) is 12.7 Å². The smallest absolute Gasteiger partial charge is 0.262 e. The number of nitrogens with one attached hydrogen (secondary N) is 1. The summed E-state index contributed by atoms with van der Waals surface area (Å²) in [5.74, 6) is 1.18. The Morgan fingerprint density at radius 2 is 1.89 bits per heavy atom. The third-order valence-corrected chi connectivity index (χ3v) is 7.10. The molecule has 36 heavy (non-hydrogen) atoms. The zero-order valence-corrected chi connectivity index (χ0v) is 20.8. The number of amides is 3. The molecule has 2 aliphatic rings. The second-order valence-electron chi connectivity index (χ2n) is 9.34. The van der Waals surface area contributed by atoms with E-state index in [0.29, 0.717) is 47.8 Å². The Morgan fingerprint density at radius 3 is 2.53 bits per heavy atom. The first kappa shape index (κ1) is 23.7. The van der Waals surface area contributed by atoms with Crippen LogP contribution in [0.15, 0.2) is 52.9 Å². The van der Waals surface area contributed by atoms with Crippen LogP contribution in [-0.2, 0) is 11.3 Å². The van der Waals surface area contributed by atoms with E-state index in [4.69, 9.17) is 9.15 Å². The molecule has 0 bridgehead atoms. The van der Waals surface area contributed by atoms with Crippen molar-refractivity contribution in [2.45, 2.75) is 38.8 Å². The average molecular weight is 488 g/mol. The third kappa shape index (κ3) is 3.92. The first-order valence-corrected chi connectivity index (χ1v) is 12.0. The Hall–Kier alpha value is -4.07. The number of ether oxygens (including phenoxy) is 1. The van der Waals surface area contributed by atoms with Gasteiger partial charge in [-0.1, -0.05) is 18.2 Å². The molecule has 1 aromatic heterocycles. The zero-order chi connectivity index (χ0) is 25.6. The molecule has 0 unspecified atom stereocenters. The zero-order valence-electron chi connectivity index (χ0n) is 20.8. The molecule has 3 amide bonds. The van der Waals surface area contributed by atoms with E-state index in [0.717, 1.165) is 16.9 Å². The predicted molar refractivity (Wildman–Crippen MR) is 134 cm³/mol. The van der Waals surface area contributed by atoms with Gasteiger partial charge in [-0.25, -0.2) is 0 Å². The number of anilines is 1. The molecule has 3 aromatic rings. The molecular weight excluding hydrogens is 458 g/mol. The summed E-state index contributed by atoms with van der Waals surface area (Å²) in [7, 11) is 3.19. The van der Waals surface area contributed by atoms with Crippen LogP contribution in [0.5, 0.6) is 5.75 Å². The van der Waals surface area contributed by atoms with Gasteiger partial charge in [0.15, 0.2) is 0 Å². The van der Waals surface area contributed by atoms with Crippen molar-refractivity contribution < 1.29 is 23.5 Å². The van der Waals surface area contributed by atoms with Crippen LogP contribution < -0.4 is 15.0 Å². The van der Waals surface area contributed by atoms with Crippen LogP contribution in [0, 0.1) is 13.8 Å². The van der Waals surface area contributed by atoms with Gasteiger partial charge in [-0.15, -0.1) is 0 Å². The Bertz CT molecular complexity index is 1340. The maximum atomic E-state index is 13.8. The standard InChI is InChI=1S/C28H29N3O5/c1-16-12-22(17(2)36-16)28(34)31-23-7-5-6-21-25(23)19(13-24(31)26(32)29-3)15-30(27(21)33)14-18-8-10-20(35-4)11-9-18/h5-12,19,24H,13-15H2,1-4H3,(H,29,32)/t19-,24-/m0/s1. The highest BCUT2D eigenvalue weighted by Crippen LogP contribution is 2.45. The van der Waals surface area contributed by atoms with Crippen LogP contribution >= 0.6 is 0 Å². The fourth-order valence-corrected chi connectivity index (χ4v) is 5.43. The summed E-state index contributed by atoms with van der Waals surface area (Å²) in [6, 6.07) is 14.0. The highest BCUT2D eigenvalue weighted by atomic mass is 16.5. The number of furan rings is 1. The summed E-state index contributed by atoms with van der Waals surface area (Å²) in [5.41, 5.74) is 3.43. The average Bonchev–Trinajstić information content (AvgIpc) is 3.23. The molecule has 8 nitrogen and oxygen atoms in total. The monoisotopic (exact) mass is 487 g/mol. The summed E-state index contributed by atoms with van der Waals surface area (Å²) in [6.07, 6.45) is 0.414. The van der Waals surface area contributed by atoms with Crippen molar-refractivity contribution in [3.63, 3.8) is 0 Å². The number of aryl methyl sites for hydroxylation is 2. The molecule has 8 heteroatoms. The first-order chi connectivity index (χ1) is 17.3. The van der Waals surface area contributed by atoms with Crippen molar-refractivity contribution in [1.29, 1.82) is 0 Å². The lowest BCUT2D eigenvalue weighted by Crippen LogP contribution is -2.55. The number of nitrogens with zero attached hydrogens (tertiary/aromatic N) is 2. The maximum absolute atomic E-state index is 13.8. The van der Waals surface area contributed by atoms with Crippen molar-refractivity contribution >= 4 is 23.4 Å². The molecule has 0 radical (unpaired) electrons. The summed E-state index contributed by atoms with van der Waals surface area (Å²) in [4.78, 5) is 43.7. The molecule has 1 N–H and O–H groups in total. The number of carbonyl (C=O) groups is 3. The van der Waals surface area contributed by atoms with Crippen molar-refractivity contribution in [2.75, 3.05) is 25.6 Å². The van der Waals surface area contributed by atoms with Crippen molar-refractivity contribution in [2.24, 2.45) is 0 Å². The first-order valence-electron chi connectivity index (χ1n) is 12.0. The van der Waals surface area contributed by atoms with E-state index in [2.05, 4.69) is 5.32 Å². The highest BCUT2D eigenvalue weighted by Gasteiger charge is 2.45. The van der Waals surface area contributed by atoms with Gasteiger partial charge in [-0.05, 0) is 61.7 Å². The number of benzene rings is 2. The quantitative estimate of drug-likeness (QED) is 0.591. The molecule has 0 spiro atoms. The predicted octanol–water partition coefficient (Wildman–Crippen LogP) is 3.81. The molecule has 186 valence electrons. The van der Waals surface area contributed by atoms with Crippen LogP contribution in [-0.4, -0.2) is 49.4 Å². The van der Waals surface area contributed by atoms with Gasteiger partial charge in [0.25, 0.3) is 11.8 Å². The molecule has 0 saturated heterocycles. The summed E-state index contributed by atoms with van der Waals surface area (Å²) in [6.45, 7) is 4.44. The number of methoxy groups -OCH3 is 1. The fourth-order valence-electron chi connectivity index (χ4n) is 5.43. The van der Waals surface area contributed by atoms with Gasteiger partial charge < -0.3 is 19.4 Å². The van der Waals surface area contributed by atoms with Gasteiger partial charge >= 0.3 is 0 Å². The van der Waals surface area contributed by atoms with Crippen LogP contribution in [0.25, 0.3) is 0 Å². The van der Waals surface area contributed by atoms with E-state index in [1.54, 1.807) is 40.1 Å². The molecule has 5 rings (SSSR count). The van der Waals surface area contributed by atoms with Crippen LogP contribution in [0.4, 0.5) is 5.69 Å². The van der Waals surface area contributed by atoms with Crippen LogP contribution in [0.1, 0.15) is 55.7 Å². The Morgan fingerprint density at radius 1 is 1.14 bits per heavy atom. The molecule has 2 atom stereocenters. The van der Waals surface area contributed by atoms with Crippen molar-refractivity contribution in [1.82, 2.24) is 10.2 Å². The summed E-state index contributed by atoms with van der Waals surface area (Å²) < 4.78 is 10.8. The number of carbonyl (C=O) groups excluding carboxylic acids is 3. The lowest BCUT2D eigenvalue weighted by atomic mass is 9.79. The second-order valence-corrected chi connectivity index (χ2v) is 9.34. The van der Waals surface area contributed by atoms with Crippen LogP contribution in [0.2, 0.25) is 0 Å². The second kappa shape index (κ2) is 9.18. The van der Waals surface area contributed by atoms with Gasteiger partial charge in [-0.2, -0.15) is 0 Å². The van der Waals surface area contributed by atoms with E-state index in [-0.39, 0.29) is 23.6 Å². The molecule has 2 aromatic carbocycles. The van der Waals surface area contributed by atoms with Gasteiger partial charge in [0.1, 0.15) is 23.3 Å². The molecule has 3 heterocycles. The molecule has 0 saturated carbocycles. The normalized spacial score (nSPS) is 18.6. The van der Waals surface area contributed by atoms with Gasteiger partial charge in [0.2, 0.25) is 5.91 Å². The number of likely N-dealkylation sites (N-methyl/N-ethyl adjacent to an activating group) is 1. The molecule has 2 aliphatic heterocycles. The fraction of sp³-hybridized carbons (Fsp3) is 0.321. The Kier molecular flexibility index (Phi) is 6.04. The lowest BCUT2D eigenvalue weighted by Gasteiger charge is -2.44. The van der Waals surface area contributed by atoms with E-state index in [1.165, 1.54) is 4.90 Å². The largest absolute Gasteiger partial charge is 0.497 e. The van der Waals surface area contributed by atoms with E-state index in [9.17, 15) is 14.4 Å². The van der Waals surface area contributed by atoms with Crippen molar-refractivity contribution in [3.8, 4) is 5.75 Å². The van der Waals surface area contributed by atoms with Crippen LogP contribution in [0.3, 0.4) is 0 Å². The SMILES string of the molecule is CNC(=O)[C@@H]1C[C@H]2CN(Cc3ccc(OC)cc3)C(=O)c3cccc(c32)N1C(=O)c1cc(C)oc1C. The number of hydrogen-bond acceptors (Lipinski definition) is 5. The van der Waals surface area contributed by atoms with Gasteiger partial charge in [0, 0.05) is 37.3 Å². The molecular formula is C28H29N3O5. The van der Waals surface area contributed by atoms with Gasteiger partial charge in [-0.3, -0.25) is 19.3 Å². The minimum Gasteiger partial charge on any atom is -0.497 e. The minimum absolute atomic E-state index is 0.0781. The topological polar surface area (TPSA) is 92.1 Å². The van der Waals surface area contributed by atoms with E-state index < -0.39 is 6.04 Å². The number of hydrogen-bond donors (Lipinski definition) is 1. The van der Waals surface area contributed by atoms with Crippen molar-refractivity contribution in [3.05, 3.63) is 82.3 Å². The molecule has 0 fully saturated rings. The van der Waals surface area contributed by atoms with E-state index in [1.807, 2.05) is 41.3 Å². The third-order valence-electron chi connectivity index (χ3n) is 7.10. The Labute approximate surface area is 209 Å². The summed E-state index contributed by atoms with van der Waals surface area (Å²) >= 11 is 0. The Balaban J connectivity index is 1.55. The van der Waals surface area contributed by atoms with E-state index >= 15 is 0 Å². The summed E-state index contributed by atoms with van der Waals surface area (Å²) in [5, 5.41) is 2.72. The highest BCUT2D eigenvalue weighted by molar-refractivity contribution is 6.12. The molecule has 0 aliphatic carbocycles. The lowest BCUT2D eigenvalue weighted by molar-refractivity contribution is -0.122. The number of rotatable bonds is 5.